The zero-order valence-corrected chi connectivity index (χ0v) is 20.1. The van der Waals surface area contributed by atoms with E-state index in [-0.39, 0.29) is 17.8 Å². The summed E-state index contributed by atoms with van der Waals surface area (Å²) in [6.45, 7) is 5.23. The van der Waals surface area contributed by atoms with Gasteiger partial charge in [-0.15, -0.1) is 0 Å². The highest BCUT2D eigenvalue weighted by atomic mass is 16.5. The van der Waals surface area contributed by atoms with Crippen LogP contribution in [0.2, 0.25) is 0 Å². The predicted octanol–water partition coefficient (Wildman–Crippen LogP) is 3.50. The van der Waals surface area contributed by atoms with E-state index >= 15 is 0 Å². The standard InChI is InChI=1S/C27H36N4O3/c1-2-34-27(33)24(20-8-4-3-5-9-20)31-18-14-22(15-19-31)26(32)29-17-7-11-23-13-12-21-10-6-16-28-25(21)30-23/h3-5,8-9,12-13,22,24H,2,6-7,10-11,14-19H2,1H3,(H,28,30)(H,29,32). The topological polar surface area (TPSA) is 83.6 Å². The lowest BCUT2D eigenvalue weighted by atomic mass is 9.93. The molecule has 0 saturated carbocycles. The zero-order valence-electron chi connectivity index (χ0n) is 20.1. The number of likely N-dealkylation sites (tertiary alicyclic amines) is 1. The fourth-order valence-electron chi connectivity index (χ4n) is 4.91. The van der Waals surface area contributed by atoms with Crippen LogP contribution in [0.3, 0.4) is 0 Å². The fraction of sp³-hybridized carbons (Fsp3) is 0.519. The molecule has 2 aromatic rings. The Kier molecular flexibility index (Phi) is 8.52. The molecule has 182 valence electrons. The van der Waals surface area contributed by atoms with Gasteiger partial charge in [0.05, 0.1) is 6.61 Å². The third kappa shape index (κ3) is 6.14. The van der Waals surface area contributed by atoms with Crippen LogP contribution in [-0.2, 0) is 27.2 Å². The van der Waals surface area contributed by atoms with E-state index in [1.165, 1.54) is 5.56 Å². The van der Waals surface area contributed by atoms with Crippen LogP contribution in [0, 0.1) is 5.92 Å². The van der Waals surface area contributed by atoms with Crippen molar-refractivity contribution in [1.82, 2.24) is 15.2 Å². The third-order valence-corrected chi connectivity index (χ3v) is 6.75. The minimum Gasteiger partial charge on any atom is -0.465 e. The number of hydrogen-bond acceptors (Lipinski definition) is 6. The van der Waals surface area contributed by atoms with Crippen LogP contribution in [-0.4, -0.2) is 54.5 Å². The molecule has 34 heavy (non-hydrogen) atoms. The van der Waals surface area contributed by atoms with Crippen molar-refractivity contribution in [2.45, 2.75) is 51.5 Å². The molecule has 3 heterocycles. The lowest BCUT2D eigenvalue weighted by Gasteiger charge is -2.36. The van der Waals surface area contributed by atoms with Crippen LogP contribution in [0.25, 0.3) is 0 Å². The Labute approximate surface area is 202 Å². The molecule has 1 aromatic carbocycles. The molecule has 0 aliphatic carbocycles. The molecule has 4 rings (SSSR count). The number of ether oxygens (including phenoxy) is 1. The van der Waals surface area contributed by atoms with E-state index in [0.717, 1.165) is 62.1 Å². The van der Waals surface area contributed by atoms with Crippen molar-refractivity contribution in [2.75, 3.05) is 38.1 Å². The number of piperidine rings is 1. The first kappa shape index (κ1) is 24.2. The monoisotopic (exact) mass is 464 g/mol. The second kappa shape index (κ2) is 12.0. The quantitative estimate of drug-likeness (QED) is 0.437. The Balaban J connectivity index is 1.22. The van der Waals surface area contributed by atoms with Gasteiger partial charge in [0.2, 0.25) is 5.91 Å². The first-order valence-corrected chi connectivity index (χ1v) is 12.6. The summed E-state index contributed by atoms with van der Waals surface area (Å²) in [5, 5.41) is 6.49. The normalized spacial score (nSPS) is 17.3. The maximum absolute atomic E-state index is 12.7. The number of amides is 1. The minimum atomic E-state index is -0.413. The maximum Gasteiger partial charge on any atom is 0.327 e. The van der Waals surface area contributed by atoms with E-state index in [9.17, 15) is 9.59 Å². The average Bonchev–Trinajstić information content (AvgIpc) is 2.88. The summed E-state index contributed by atoms with van der Waals surface area (Å²) in [7, 11) is 0. The van der Waals surface area contributed by atoms with Gasteiger partial charge in [0.1, 0.15) is 11.9 Å². The lowest BCUT2D eigenvalue weighted by molar-refractivity contribution is -0.150. The van der Waals surface area contributed by atoms with Gasteiger partial charge < -0.3 is 15.4 Å². The summed E-state index contributed by atoms with van der Waals surface area (Å²) in [5.41, 5.74) is 3.31. The number of nitrogens with zero attached hydrogens (tertiary/aromatic N) is 2. The minimum absolute atomic E-state index is 0.0130. The smallest absolute Gasteiger partial charge is 0.327 e. The summed E-state index contributed by atoms with van der Waals surface area (Å²) in [5.74, 6) is 0.909. The van der Waals surface area contributed by atoms with Crippen molar-refractivity contribution >= 4 is 17.7 Å². The predicted molar refractivity (Wildman–Crippen MR) is 132 cm³/mol. The van der Waals surface area contributed by atoms with E-state index in [4.69, 9.17) is 9.72 Å². The van der Waals surface area contributed by atoms with Gasteiger partial charge in [-0.25, -0.2) is 9.78 Å². The summed E-state index contributed by atoms with van der Waals surface area (Å²) >= 11 is 0. The molecule has 2 N–H and O–H groups in total. The molecule has 1 atom stereocenters. The number of esters is 1. The van der Waals surface area contributed by atoms with Crippen LogP contribution in [0.4, 0.5) is 5.82 Å². The van der Waals surface area contributed by atoms with Gasteiger partial charge >= 0.3 is 5.97 Å². The van der Waals surface area contributed by atoms with Crippen LogP contribution >= 0.6 is 0 Å². The maximum atomic E-state index is 12.7. The van der Waals surface area contributed by atoms with E-state index in [1.807, 2.05) is 37.3 Å². The second-order valence-electron chi connectivity index (χ2n) is 9.11. The lowest BCUT2D eigenvalue weighted by Crippen LogP contribution is -2.44. The van der Waals surface area contributed by atoms with Crippen LogP contribution in [0.15, 0.2) is 42.5 Å². The molecule has 2 aliphatic heterocycles. The number of carbonyl (C=O) groups is 2. The van der Waals surface area contributed by atoms with Crippen LogP contribution in [0.5, 0.6) is 0 Å². The number of aryl methyl sites for hydroxylation is 2. The van der Waals surface area contributed by atoms with Crippen molar-refractivity contribution < 1.29 is 14.3 Å². The molecular weight excluding hydrogens is 428 g/mol. The number of benzene rings is 1. The number of aromatic nitrogens is 1. The van der Waals surface area contributed by atoms with Crippen LogP contribution < -0.4 is 10.6 Å². The molecule has 1 unspecified atom stereocenters. The van der Waals surface area contributed by atoms with E-state index in [2.05, 4.69) is 27.7 Å². The highest BCUT2D eigenvalue weighted by Crippen LogP contribution is 2.28. The molecule has 0 radical (unpaired) electrons. The molecule has 7 heteroatoms. The molecule has 0 spiro atoms. The van der Waals surface area contributed by atoms with Crippen molar-refractivity contribution in [3.63, 3.8) is 0 Å². The largest absolute Gasteiger partial charge is 0.465 e. The Bertz CT molecular complexity index is 958. The van der Waals surface area contributed by atoms with Crippen molar-refractivity contribution in [2.24, 2.45) is 5.92 Å². The van der Waals surface area contributed by atoms with E-state index in [1.54, 1.807) is 0 Å². The van der Waals surface area contributed by atoms with Gasteiger partial charge in [-0.05, 0) is 62.6 Å². The van der Waals surface area contributed by atoms with Gasteiger partial charge in [0.25, 0.3) is 0 Å². The van der Waals surface area contributed by atoms with Crippen molar-refractivity contribution in [1.29, 1.82) is 0 Å². The molecule has 7 nitrogen and oxygen atoms in total. The number of fused-ring (bicyclic) bond motifs is 1. The van der Waals surface area contributed by atoms with Crippen molar-refractivity contribution in [3.05, 3.63) is 59.3 Å². The van der Waals surface area contributed by atoms with Gasteiger partial charge in [-0.2, -0.15) is 0 Å². The fourth-order valence-corrected chi connectivity index (χ4v) is 4.91. The van der Waals surface area contributed by atoms with Gasteiger partial charge in [-0.1, -0.05) is 36.4 Å². The molecular formula is C27H36N4O3. The Morgan fingerprint density at radius 3 is 2.74 bits per heavy atom. The molecule has 2 aliphatic rings. The molecule has 1 saturated heterocycles. The Morgan fingerprint density at radius 2 is 1.97 bits per heavy atom. The summed E-state index contributed by atoms with van der Waals surface area (Å²) < 4.78 is 5.35. The van der Waals surface area contributed by atoms with Gasteiger partial charge in [-0.3, -0.25) is 9.69 Å². The van der Waals surface area contributed by atoms with E-state index in [0.29, 0.717) is 26.2 Å². The van der Waals surface area contributed by atoms with E-state index < -0.39 is 6.04 Å². The first-order valence-electron chi connectivity index (χ1n) is 12.6. The van der Waals surface area contributed by atoms with Gasteiger partial charge in [0, 0.05) is 37.8 Å². The first-order chi connectivity index (χ1) is 16.7. The Morgan fingerprint density at radius 1 is 1.18 bits per heavy atom. The summed E-state index contributed by atoms with van der Waals surface area (Å²) in [4.78, 5) is 32.3. The number of rotatable bonds is 9. The number of hydrogen-bond donors (Lipinski definition) is 2. The molecule has 0 bridgehead atoms. The average molecular weight is 465 g/mol. The number of carbonyl (C=O) groups excluding carboxylic acids is 2. The second-order valence-corrected chi connectivity index (χ2v) is 9.11. The molecule has 1 amide bonds. The SMILES string of the molecule is CCOC(=O)C(c1ccccc1)N1CCC(C(=O)NCCCc2ccc3c(n2)NCCC3)CC1. The molecule has 1 aromatic heterocycles. The highest BCUT2D eigenvalue weighted by molar-refractivity contribution is 5.79. The highest BCUT2D eigenvalue weighted by Gasteiger charge is 2.33. The van der Waals surface area contributed by atoms with Gasteiger partial charge in [0.15, 0.2) is 0 Å². The Hall–Kier alpha value is -2.93. The number of pyridine rings is 1. The third-order valence-electron chi connectivity index (χ3n) is 6.75. The zero-order chi connectivity index (χ0) is 23.8. The summed E-state index contributed by atoms with van der Waals surface area (Å²) in [6, 6.07) is 13.6. The molecule has 1 fully saturated rings. The number of anilines is 1. The van der Waals surface area contributed by atoms with Crippen molar-refractivity contribution in [3.8, 4) is 0 Å². The summed E-state index contributed by atoms with van der Waals surface area (Å²) in [6.07, 6.45) is 5.46. The number of nitrogens with one attached hydrogen (secondary N) is 2. The van der Waals surface area contributed by atoms with Crippen LogP contribution in [0.1, 0.15) is 55.5 Å².